The number of rotatable bonds is 3. The number of esters is 1. The summed E-state index contributed by atoms with van der Waals surface area (Å²) in [5.41, 5.74) is 0.883. The molecular formula is C18H13N3O3. The first-order chi connectivity index (χ1) is 11.6. The van der Waals surface area contributed by atoms with E-state index in [1.54, 1.807) is 49.4 Å². The van der Waals surface area contributed by atoms with E-state index in [4.69, 9.17) is 10.00 Å². The van der Waals surface area contributed by atoms with E-state index in [2.05, 4.69) is 9.97 Å². The second kappa shape index (κ2) is 6.34. The molecule has 3 aromatic rings. The van der Waals surface area contributed by atoms with Crippen molar-refractivity contribution in [1.82, 2.24) is 9.97 Å². The van der Waals surface area contributed by atoms with Gasteiger partial charge in [0.1, 0.15) is 0 Å². The second-order valence-electron chi connectivity index (χ2n) is 5.21. The predicted molar refractivity (Wildman–Crippen MR) is 87.4 cm³/mol. The lowest BCUT2D eigenvalue weighted by Gasteiger charge is -2.13. The van der Waals surface area contributed by atoms with Crippen LogP contribution in [0.5, 0.6) is 0 Å². The van der Waals surface area contributed by atoms with Crippen molar-refractivity contribution in [3.8, 4) is 6.07 Å². The van der Waals surface area contributed by atoms with Crippen molar-refractivity contribution in [3.63, 3.8) is 0 Å². The number of nitrogens with zero attached hydrogens (tertiary/aromatic N) is 2. The van der Waals surface area contributed by atoms with Gasteiger partial charge in [0.2, 0.25) is 0 Å². The number of carbonyl (C=O) groups excluding carboxylic acids is 1. The molecule has 0 saturated carbocycles. The summed E-state index contributed by atoms with van der Waals surface area (Å²) in [7, 11) is 0. The van der Waals surface area contributed by atoms with Gasteiger partial charge in [-0.25, -0.2) is 9.78 Å². The molecule has 1 aromatic heterocycles. The smallest absolute Gasteiger partial charge is 0.338 e. The maximum Gasteiger partial charge on any atom is 0.338 e. The minimum atomic E-state index is -0.736. The fourth-order valence-electron chi connectivity index (χ4n) is 2.30. The normalized spacial score (nSPS) is 11.7. The average Bonchev–Trinajstić information content (AvgIpc) is 2.61. The van der Waals surface area contributed by atoms with Gasteiger partial charge in [0, 0.05) is 0 Å². The van der Waals surface area contributed by atoms with Crippen LogP contribution in [0.25, 0.3) is 10.9 Å². The summed E-state index contributed by atoms with van der Waals surface area (Å²) in [6.45, 7) is 1.62. The zero-order valence-electron chi connectivity index (χ0n) is 12.8. The number of aromatic nitrogens is 2. The van der Waals surface area contributed by atoms with Crippen LogP contribution in [0.4, 0.5) is 0 Å². The Morgan fingerprint density at radius 3 is 2.83 bits per heavy atom. The predicted octanol–water partition coefficient (Wildman–Crippen LogP) is 2.71. The number of benzene rings is 2. The van der Waals surface area contributed by atoms with Crippen LogP contribution in [-0.2, 0) is 4.74 Å². The zero-order valence-corrected chi connectivity index (χ0v) is 12.8. The van der Waals surface area contributed by atoms with Gasteiger partial charge in [0.15, 0.2) is 11.9 Å². The first-order valence-corrected chi connectivity index (χ1v) is 7.28. The van der Waals surface area contributed by atoms with Gasteiger partial charge >= 0.3 is 5.97 Å². The highest BCUT2D eigenvalue weighted by atomic mass is 16.5. The summed E-state index contributed by atoms with van der Waals surface area (Å²) in [5.74, 6) is -0.320. The summed E-state index contributed by atoms with van der Waals surface area (Å²) in [4.78, 5) is 31.2. The summed E-state index contributed by atoms with van der Waals surface area (Å²) in [6, 6.07) is 15.1. The molecule has 6 nitrogen and oxygen atoms in total. The third kappa shape index (κ3) is 3.01. The summed E-state index contributed by atoms with van der Waals surface area (Å²) >= 11 is 0. The number of hydrogen-bond acceptors (Lipinski definition) is 5. The van der Waals surface area contributed by atoms with Gasteiger partial charge in [0.05, 0.1) is 28.1 Å². The number of carbonyl (C=O) groups is 1. The molecule has 0 radical (unpaired) electrons. The maximum atomic E-state index is 12.2. The average molecular weight is 319 g/mol. The van der Waals surface area contributed by atoms with Crippen LogP contribution in [0.3, 0.4) is 0 Å². The van der Waals surface area contributed by atoms with E-state index in [9.17, 15) is 9.59 Å². The molecule has 0 saturated heterocycles. The fraction of sp³-hybridized carbons (Fsp3) is 0.111. The SMILES string of the molecule is C[C@@H](OC(=O)c1cccc(C#N)c1)c1nc2ccccc2c(=O)[nH]1. The van der Waals surface area contributed by atoms with Crippen LogP contribution < -0.4 is 5.56 Å². The highest BCUT2D eigenvalue weighted by Crippen LogP contribution is 2.17. The molecule has 0 aliphatic rings. The van der Waals surface area contributed by atoms with E-state index in [1.165, 1.54) is 6.07 Å². The molecule has 118 valence electrons. The van der Waals surface area contributed by atoms with Crippen molar-refractivity contribution in [2.24, 2.45) is 0 Å². The summed E-state index contributed by atoms with van der Waals surface area (Å²) in [5, 5.41) is 9.36. The highest BCUT2D eigenvalue weighted by Gasteiger charge is 2.17. The Balaban J connectivity index is 1.87. The minimum Gasteiger partial charge on any atom is -0.451 e. The van der Waals surface area contributed by atoms with E-state index >= 15 is 0 Å². The molecule has 0 unspecified atom stereocenters. The van der Waals surface area contributed by atoms with Crippen molar-refractivity contribution in [1.29, 1.82) is 5.26 Å². The quantitative estimate of drug-likeness (QED) is 0.749. The first-order valence-electron chi connectivity index (χ1n) is 7.28. The lowest BCUT2D eigenvalue weighted by molar-refractivity contribution is 0.0320. The number of fused-ring (bicyclic) bond motifs is 1. The molecule has 1 heterocycles. The van der Waals surface area contributed by atoms with Crippen molar-refractivity contribution in [2.45, 2.75) is 13.0 Å². The van der Waals surface area contributed by atoms with Gasteiger partial charge < -0.3 is 9.72 Å². The lowest BCUT2D eigenvalue weighted by Crippen LogP contribution is -2.17. The summed E-state index contributed by atoms with van der Waals surface area (Å²) < 4.78 is 5.34. The molecule has 0 aliphatic carbocycles. The molecule has 3 rings (SSSR count). The molecule has 24 heavy (non-hydrogen) atoms. The van der Waals surface area contributed by atoms with Gasteiger partial charge in [-0.1, -0.05) is 18.2 Å². The number of H-pyrrole nitrogens is 1. The number of aromatic amines is 1. The minimum absolute atomic E-state index is 0.267. The number of hydrogen-bond donors (Lipinski definition) is 1. The van der Waals surface area contributed by atoms with Crippen LogP contribution in [0.15, 0.2) is 53.3 Å². The van der Waals surface area contributed by atoms with Crippen molar-refractivity contribution in [2.75, 3.05) is 0 Å². The van der Waals surface area contributed by atoms with E-state index in [-0.39, 0.29) is 16.9 Å². The van der Waals surface area contributed by atoms with Crippen molar-refractivity contribution in [3.05, 3.63) is 75.8 Å². The summed E-state index contributed by atoms with van der Waals surface area (Å²) in [6.07, 6.45) is -0.736. The number of nitriles is 1. The molecule has 2 aromatic carbocycles. The molecular weight excluding hydrogens is 306 g/mol. The van der Waals surface area contributed by atoms with E-state index in [1.807, 2.05) is 6.07 Å². The Hall–Kier alpha value is -3.46. The lowest BCUT2D eigenvalue weighted by atomic mass is 10.1. The van der Waals surface area contributed by atoms with E-state index in [0.717, 1.165) is 0 Å². The topological polar surface area (TPSA) is 95.8 Å². The monoisotopic (exact) mass is 319 g/mol. The van der Waals surface area contributed by atoms with Gasteiger partial charge in [0.25, 0.3) is 5.56 Å². The maximum absolute atomic E-state index is 12.2. The largest absolute Gasteiger partial charge is 0.451 e. The number of para-hydroxylation sites is 1. The van der Waals surface area contributed by atoms with Crippen LogP contribution in [0, 0.1) is 11.3 Å². The Morgan fingerprint density at radius 2 is 2.04 bits per heavy atom. The number of nitrogens with one attached hydrogen (secondary N) is 1. The fourth-order valence-corrected chi connectivity index (χ4v) is 2.30. The van der Waals surface area contributed by atoms with Gasteiger partial charge in [-0.2, -0.15) is 5.26 Å². The third-order valence-corrected chi connectivity index (χ3v) is 3.53. The second-order valence-corrected chi connectivity index (χ2v) is 5.21. The highest BCUT2D eigenvalue weighted by molar-refractivity contribution is 5.90. The standard InChI is InChI=1S/C18H13N3O3/c1-11(24-18(23)13-6-4-5-12(9-13)10-19)16-20-15-8-3-2-7-14(15)17(22)21-16/h2-9,11H,1H3,(H,20,21,22)/t11-/m1/s1. The zero-order chi connectivity index (χ0) is 17.1. The van der Waals surface area contributed by atoms with Crippen LogP contribution in [0.1, 0.15) is 34.8 Å². The van der Waals surface area contributed by atoms with Gasteiger partial charge in [-0.15, -0.1) is 0 Å². The molecule has 1 N–H and O–H groups in total. The molecule has 6 heteroatoms. The van der Waals surface area contributed by atoms with Gasteiger partial charge in [-0.05, 0) is 37.3 Å². The van der Waals surface area contributed by atoms with Crippen LogP contribution >= 0.6 is 0 Å². The van der Waals surface area contributed by atoms with Crippen LogP contribution in [0.2, 0.25) is 0 Å². The molecule has 0 bridgehead atoms. The molecule has 0 aliphatic heterocycles. The first kappa shape index (κ1) is 15.4. The molecule has 0 amide bonds. The van der Waals surface area contributed by atoms with Gasteiger partial charge in [-0.3, -0.25) is 4.79 Å². The Bertz CT molecular complexity index is 1020. The Morgan fingerprint density at radius 1 is 1.25 bits per heavy atom. The molecule has 0 fully saturated rings. The van der Waals surface area contributed by atoms with E-state index < -0.39 is 12.1 Å². The number of ether oxygens (including phenoxy) is 1. The molecule has 1 atom stereocenters. The molecule has 0 spiro atoms. The van der Waals surface area contributed by atoms with Crippen LogP contribution in [-0.4, -0.2) is 15.9 Å². The van der Waals surface area contributed by atoms with Crippen molar-refractivity contribution < 1.29 is 9.53 Å². The van der Waals surface area contributed by atoms with E-state index in [0.29, 0.717) is 16.5 Å². The Labute approximate surface area is 137 Å². The Kier molecular flexibility index (Phi) is 4.08. The van der Waals surface area contributed by atoms with Crippen molar-refractivity contribution >= 4 is 16.9 Å². The third-order valence-electron chi connectivity index (χ3n) is 3.53.